The number of carbonyl (C=O) groups is 3. The highest BCUT2D eigenvalue weighted by Gasteiger charge is 2.10. The third kappa shape index (κ3) is 5.07. The Hall–Kier alpha value is -2.57. The molecule has 1 rings (SSSR count). The maximum absolute atomic E-state index is 10.9. The minimum atomic E-state index is -1.07. The first kappa shape index (κ1) is 14.5. The second-order valence-corrected chi connectivity index (χ2v) is 3.96. The van der Waals surface area contributed by atoms with Gasteiger partial charge in [0.25, 0.3) is 5.91 Å². The Morgan fingerprint density at radius 2 is 1.21 bits per heavy atom. The van der Waals surface area contributed by atoms with Crippen molar-refractivity contribution in [3.05, 3.63) is 39.8 Å². The van der Waals surface area contributed by atoms with Crippen molar-refractivity contribution in [2.75, 3.05) is 0 Å². The standard InChI is InChI=1S/C12H11NO6/c14-10(13-19)4-7-1-8(5-11(15)16)3-9(2-7)6-12(17)18/h1-3H,4-6H2,(H,15,16)(H,17,18). The summed E-state index contributed by atoms with van der Waals surface area (Å²) < 4.78 is 0. The Labute approximate surface area is 107 Å². The van der Waals surface area contributed by atoms with E-state index in [1.165, 1.54) is 18.2 Å². The molecule has 7 nitrogen and oxygen atoms in total. The minimum Gasteiger partial charge on any atom is -0.481 e. The van der Waals surface area contributed by atoms with Gasteiger partial charge in [-0.3, -0.25) is 14.4 Å². The molecule has 7 heteroatoms. The number of benzene rings is 1. The second kappa shape index (κ2) is 6.39. The maximum Gasteiger partial charge on any atom is 0.307 e. The van der Waals surface area contributed by atoms with E-state index in [0.29, 0.717) is 16.7 Å². The van der Waals surface area contributed by atoms with E-state index < -0.39 is 17.8 Å². The molecule has 0 aliphatic rings. The van der Waals surface area contributed by atoms with Crippen molar-refractivity contribution in [1.82, 2.24) is 0 Å². The van der Waals surface area contributed by atoms with Gasteiger partial charge in [-0.1, -0.05) is 18.2 Å². The summed E-state index contributed by atoms with van der Waals surface area (Å²) in [6.07, 6.45) is -0.851. The highest BCUT2D eigenvalue weighted by molar-refractivity contribution is 5.79. The average molecular weight is 265 g/mol. The molecule has 0 radical (unpaired) electrons. The van der Waals surface area contributed by atoms with Gasteiger partial charge in [0, 0.05) is 5.18 Å². The van der Waals surface area contributed by atoms with Gasteiger partial charge in [-0.2, -0.15) is 0 Å². The molecule has 0 aliphatic carbocycles. The van der Waals surface area contributed by atoms with E-state index >= 15 is 0 Å². The summed E-state index contributed by atoms with van der Waals surface area (Å²) in [5.74, 6) is -3.04. The SMILES string of the molecule is O=NC(=O)Cc1cc(CC(=O)O)cc(CC(=O)O)c1. The number of hydrogen-bond acceptors (Lipinski definition) is 4. The van der Waals surface area contributed by atoms with Gasteiger partial charge < -0.3 is 10.2 Å². The van der Waals surface area contributed by atoms with Gasteiger partial charge in [0.05, 0.1) is 19.3 Å². The van der Waals surface area contributed by atoms with E-state index in [9.17, 15) is 19.3 Å². The molecule has 1 aromatic carbocycles. The van der Waals surface area contributed by atoms with Crippen molar-refractivity contribution >= 4 is 17.8 Å². The number of nitrogens with zero attached hydrogens (tertiary/aromatic N) is 1. The van der Waals surface area contributed by atoms with Gasteiger partial charge in [0.2, 0.25) is 0 Å². The van der Waals surface area contributed by atoms with Crippen molar-refractivity contribution in [2.24, 2.45) is 5.18 Å². The predicted octanol–water partition coefficient (Wildman–Crippen LogP) is 0.776. The molecule has 19 heavy (non-hydrogen) atoms. The first-order valence-electron chi connectivity index (χ1n) is 5.32. The smallest absolute Gasteiger partial charge is 0.307 e. The lowest BCUT2D eigenvalue weighted by Crippen LogP contribution is -2.06. The molecule has 1 amide bonds. The van der Waals surface area contributed by atoms with E-state index in [1.54, 1.807) is 0 Å². The topological polar surface area (TPSA) is 121 Å². The number of carboxylic acids is 2. The van der Waals surface area contributed by atoms with Crippen LogP contribution in [0, 0.1) is 4.91 Å². The normalized spacial score (nSPS) is 9.89. The Kier molecular flexibility index (Phi) is 4.87. The highest BCUT2D eigenvalue weighted by Crippen LogP contribution is 2.13. The summed E-state index contributed by atoms with van der Waals surface area (Å²) in [6, 6.07) is 4.34. The highest BCUT2D eigenvalue weighted by atomic mass is 16.4. The van der Waals surface area contributed by atoms with Crippen LogP contribution in [0.1, 0.15) is 16.7 Å². The third-order valence-corrected chi connectivity index (χ3v) is 2.28. The van der Waals surface area contributed by atoms with Gasteiger partial charge in [0.15, 0.2) is 0 Å². The fraction of sp³-hybridized carbons (Fsp3) is 0.250. The zero-order valence-corrected chi connectivity index (χ0v) is 9.83. The van der Waals surface area contributed by atoms with Gasteiger partial charge in [-0.25, -0.2) is 0 Å². The molecule has 0 atom stereocenters. The van der Waals surface area contributed by atoms with Crippen LogP contribution in [0.15, 0.2) is 23.4 Å². The van der Waals surface area contributed by atoms with Crippen LogP contribution in [0.3, 0.4) is 0 Å². The van der Waals surface area contributed by atoms with Crippen LogP contribution in [0.25, 0.3) is 0 Å². The molecule has 0 aromatic heterocycles. The van der Waals surface area contributed by atoms with Crippen molar-refractivity contribution in [3.8, 4) is 0 Å². The van der Waals surface area contributed by atoms with Crippen LogP contribution in [0.4, 0.5) is 0 Å². The Bertz CT molecular complexity index is 503. The largest absolute Gasteiger partial charge is 0.481 e. The molecule has 0 saturated carbocycles. The molecule has 0 aliphatic heterocycles. The summed E-state index contributed by atoms with van der Waals surface area (Å²) >= 11 is 0. The van der Waals surface area contributed by atoms with Crippen LogP contribution in [0.2, 0.25) is 0 Å². The first-order valence-corrected chi connectivity index (χ1v) is 5.32. The average Bonchev–Trinajstić information content (AvgIpc) is 2.26. The number of nitroso groups, excluding NO2 is 1. The quantitative estimate of drug-likeness (QED) is 0.733. The number of carboxylic acid groups (broad SMARTS) is 2. The van der Waals surface area contributed by atoms with Crippen molar-refractivity contribution in [1.29, 1.82) is 0 Å². The molecule has 2 N–H and O–H groups in total. The molecule has 0 unspecified atom stereocenters. The van der Waals surface area contributed by atoms with Crippen LogP contribution in [-0.2, 0) is 33.6 Å². The lowest BCUT2D eigenvalue weighted by molar-refractivity contribution is -0.137. The third-order valence-electron chi connectivity index (χ3n) is 2.28. The number of amides is 1. The van der Waals surface area contributed by atoms with Crippen molar-refractivity contribution in [2.45, 2.75) is 19.3 Å². The minimum absolute atomic E-state index is 0.274. The lowest BCUT2D eigenvalue weighted by atomic mass is 10.00. The van der Waals surface area contributed by atoms with Crippen LogP contribution in [0.5, 0.6) is 0 Å². The Morgan fingerprint density at radius 1 is 0.842 bits per heavy atom. The number of aliphatic carboxylic acids is 2. The van der Waals surface area contributed by atoms with E-state index in [1.807, 2.05) is 0 Å². The zero-order valence-electron chi connectivity index (χ0n) is 9.83. The van der Waals surface area contributed by atoms with E-state index in [2.05, 4.69) is 5.18 Å². The second-order valence-electron chi connectivity index (χ2n) is 3.96. The maximum atomic E-state index is 10.9. The molecular formula is C12H11NO6. The molecular weight excluding hydrogens is 254 g/mol. The first-order chi connectivity index (χ1) is 8.90. The summed E-state index contributed by atoms with van der Waals surface area (Å²) in [6.45, 7) is 0. The van der Waals surface area contributed by atoms with E-state index in [-0.39, 0.29) is 19.3 Å². The zero-order chi connectivity index (χ0) is 14.4. The molecule has 0 bridgehead atoms. The van der Waals surface area contributed by atoms with E-state index in [4.69, 9.17) is 10.2 Å². The predicted molar refractivity (Wildman–Crippen MR) is 63.6 cm³/mol. The fourth-order valence-electron chi connectivity index (χ4n) is 1.70. The fourth-order valence-corrected chi connectivity index (χ4v) is 1.70. The van der Waals surface area contributed by atoms with Gasteiger partial charge in [0.1, 0.15) is 0 Å². The Morgan fingerprint density at radius 3 is 1.53 bits per heavy atom. The molecule has 1 aromatic rings. The molecule has 0 heterocycles. The molecule has 100 valence electrons. The Balaban J connectivity index is 3.07. The van der Waals surface area contributed by atoms with Crippen LogP contribution in [-0.4, -0.2) is 28.1 Å². The van der Waals surface area contributed by atoms with Gasteiger partial charge >= 0.3 is 11.9 Å². The molecule has 0 saturated heterocycles. The van der Waals surface area contributed by atoms with E-state index in [0.717, 1.165) is 0 Å². The monoisotopic (exact) mass is 265 g/mol. The van der Waals surface area contributed by atoms with Crippen LogP contribution >= 0.6 is 0 Å². The summed E-state index contributed by atoms with van der Waals surface area (Å²) in [7, 11) is 0. The summed E-state index contributed by atoms with van der Waals surface area (Å²) in [5.41, 5.74) is 1.12. The number of carbonyl (C=O) groups excluding carboxylic acids is 1. The van der Waals surface area contributed by atoms with Crippen LogP contribution < -0.4 is 0 Å². The summed E-state index contributed by atoms with van der Waals surface area (Å²) in [5, 5.41) is 19.7. The molecule has 0 spiro atoms. The van der Waals surface area contributed by atoms with Crippen molar-refractivity contribution in [3.63, 3.8) is 0 Å². The summed E-state index contributed by atoms with van der Waals surface area (Å²) in [4.78, 5) is 42.3. The number of hydrogen-bond donors (Lipinski definition) is 2. The number of rotatable bonds is 6. The van der Waals surface area contributed by atoms with Crippen molar-refractivity contribution < 1.29 is 24.6 Å². The van der Waals surface area contributed by atoms with Gasteiger partial charge in [-0.05, 0) is 16.7 Å². The molecule has 0 fully saturated rings. The van der Waals surface area contributed by atoms with Gasteiger partial charge in [-0.15, -0.1) is 4.91 Å². The lowest BCUT2D eigenvalue weighted by Gasteiger charge is -2.06.